The normalized spacial score (nSPS) is 28.9. The fourth-order valence-corrected chi connectivity index (χ4v) is 5.34. The smallest absolute Gasteiger partial charge is 0.234 e. The van der Waals surface area contributed by atoms with Gasteiger partial charge in [-0.2, -0.15) is 0 Å². The fraction of sp³-hybridized carbons (Fsp3) is 0.360. The Labute approximate surface area is 185 Å². The van der Waals surface area contributed by atoms with E-state index in [4.69, 9.17) is 14.2 Å². The summed E-state index contributed by atoms with van der Waals surface area (Å²) < 4.78 is 17.1. The minimum Gasteiger partial charge on any atom is -0.454 e. The summed E-state index contributed by atoms with van der Waals surface area (Å²) in [6, 6.07) is 15.7. The van der Waals surface area contributed by atoms with Crippen LogP contribution in [-0.4, -0.2) is 43.4 Å². The number of nitrogens with zero attached hydrogens (tertiary/aromatic N) is 1. The number of hydrogen-bond donors (Lipinski definition) is 1. The lowest BCUT2D eigenvalue weighted by molar-refractivity contribution is -0.131. The van der Waals surface area contributed by atoms with Crippen molar-refractivity contribution in [3.63, 3.8) is 0 Å². The van der Waals surface area contributed by atoms with Gasteiger partial charge in [0.25, 0.3) is 0 Å². The van der Waals surface area contributed by atoms with Crippen LogP contribution in [0.2, 0.25) is 0 Å². The Kier molecular flexibility index (Phi) is 4.47. The second kappa shape index (κ2) is 7.38. The van der Waals surface area contributed by atoms with Crippen LogP contribution in [0.25, 0.3) is 0 Å². The van der Waals surface area contributed by atoms with Gasteiger partial charge in [-0.25, -0.2) is 0 Å². The Morgan fingerprint density at radius 2 is 1.97 bits per heavy atom. The quantitative estimate of drug-likeness (QED) is 0.561. The molecule has 4 atom stereocenters. The van der Waals surface area contributed by atoms with Crippen molar-refractivity contribution in [2.45, 2.75) is 24.5 Å². The van der Waals surface area contributed by atoms with Gasteiger partial charge >= 0.3 is 0 Å². The van der Waals surface area contributed by atoms with Crippen LogP contribution < -0.4 is 19.7 Å². The Balaban J connectivity index is 1.15. The van der Waals surface area contributed by atoms with E-state index in [-0.39, 0.29) is 24.7 Å². The zero-order chi connectivity index (χ0) is 21.7. The predicted octanol–water partition coefficient (Wildman–Crippen LogP) is 2.45. The Bertz CT molecular complexity index is 1100. The molecular formula is C25H24N2O5. The lowest BCUT2D eigenvalue weighted by atomic mass is 9.77. The molecule has 0 aromatic heterocycles. The number of ether oxygens (including phenoxy) is 3. The zero-order valence-corrected chi connectivity index (χ0v) is 17.5. The summed E-state index contributed by atoms with van der Waals surface area (Å²) in [6.45, 7) is 1.14. The van der Waals surface area contributed by atoms with Gasteiger partial charge in [-0.3, -0.25) is 9.59 Å². The molecule has 2 fully saturated rings. The van der Waals surface area contributed by atoms with E-state index in [0.717, 1.165) is 18.5 Å². The maximum absolute atomic E-state index is 13.5. The first-order valence-corrected chi connectivity index (χ1v) is 11.0. The number of anilines is 1. The minimum atomic E-state index is -0.746. The third kappa shape index (κ3) is 2.99. The molecule has 164 valence electrons. The molecule has 0 aliphatic carbocycles. The second-order valence-electron chi connectivity index (χ2n) is 8.74. The first-order chi connectivity index (χ1) is 15.6. The van der Waals surface area contributed by atoms with Crippen LogP contribution in [0.4, 0.5) is 5.69 Å². The number of benzene rings is 2. The van der Waals surface area contributed by atoms with Crippen LogP contribution in [-0.2, 0) is 20.7 Å². The molecule has 2 aromatic carbocycles. The van der Waals surface area contributed by atoms with Gasteiger partial charge in [0.15, 0.2) is 11.5 Å². The van der Waals surface area contributed by atoms with Crippen LogP contribution in [0, 0.1) is 11.8 Å². The summed E-state index contributed by atoms with van der Waals surface area (Å²) in [5, 5.41) is 3.04. The Morgan fingerprint density at radius 1 is 1.12 bits per heavy atom. The van der Waals surface area contributed by atoms with Crippen molar-refractivity contribution in [1.82, 2.24) is 5.32 Å². The average molecular weight is 432 g/mol. The van der Waals surface area contributed by atoms with E-state index >= 15 is 0 Å². The van der Waals surface area contributed by atoms with Gasteiger partial charge < -0.3 is 24.4 Å². The number of nitrogens with one attached hydrogen (secondary N) is 1. The minimum absolute atomic E-state index is 0.0832. The highest BCUT2D eigenvalue weighted by Gasteiger charge is 2.67. The van der Waals surface area contributed by atoms with Gasteiger partial charge in [-0.05, 0) is 30.5 Å². The van der Waals surface area contributed by atoms with Crippen molar-refractivity contribution in [2.75, 3.05) is 24.8 Å². The predicted molar refractivity (Wildman–Crippen MR) is 116 cm³/mol. The summed E-state index contributed by atoms with van der Waals surface area (Å²) >= 11 is 0. The van der Waals surface area contributed by atoms with Gasteiger partial charge in [0.1, 0.15) is 5.60 Å². The van der Waals surface area contributed by atoms with Crippen molar-refractivity contribution >= 4 is 17.5 Å². The SMILES string of the molecule is O=C(NCCCc1ccccc1)[C@@H]1[C@H]2C(=O)N(c3ccc4c(c3)OCO4)C[C@@]23C=C[C@H]1O3. The van der Waals surface area contributed by atoms with E-state index in [2.05, 4.69) is 17.4 Å². The van der Waals surface area contributed by atoms with E-state index in [1.807, 2.05) is 48.6 Å². The molecule has 2 bridgehead atoms. The molecule has 1 N–H and O–H groups in total. The van der Waals surface area contributed by atoms with Crippen LogP contribution >= 0.6 is 0 Å². The largest absolute Gasteiger partial charge is 0.454 e. The van der Waals surface area contributed by atoms with Crippen molar-refractivity contribution in [3.05, 3.63) is 66.2 Å². The van der Waals surface area contributed by atoms with Gasteiger partial charge in [0.2, 0.25) is 18.6 Å². The third-order valence-electron chi connectivity index (χ3n) is 6.86. The molecule has 4 aliphatic rings. The van der Waals surface area contributed by atoms with Crippen LogP contribution in [0.1, 0.15) is 12.0 Å². The highest BCUT2D eigenvalue weighted by molar-refractivity contribution is 6.03. The van der Waals surface area contributed by atoms with Gasteiger partial charge in [-0.15, -0.1) is 0 Å². The first kappa shape index (κ1) is 19.4. The zero-order valence-electron chi connectivity index (χ0n) is 17.5. The number of amides is 2. The molecule has 1 spiro atoms. The molecule has 7 nitrogen and oxygen atoms in total. The van der Waals surface area contributed by atoms with E-state index in [9.17, 15) is 9.59 Å². The first-order valence-electron chi connectivity index (χ1n) is 11.0. The number of hydrogen-bond acceptors (Lipinski definition) is 5. The van der Waals surface area contributed by atoms with E-state index in [1.165, 1.54) is 5.56 Å². The maximum Gasteiger partial charge on any atom is 0.234 e. The molecule has 6 rings (SSSR count). The number of rotatable bonds is 6. The standard InChI is InChI=1S/C25H24N2O5/c28-23(26-12-4-7-16-5-2-1-3-6-16)21-19-10-11-25(32-19)14-27(24(29)22(21)25)17-8-9-18-20(13-17)31-15-30-18/h1-3,5-6,8-11,13,19,21-22H,4,7,12,14-15H2,(H,26,28)/t19-,21+,22+,25+/m1/s1. The lowest BCUT2D eigenvalue weighted by Crippen LogP contribution is -2.44. The highest BCUT2D eigenvalue weighted by atomic mass is 16.7. The van der Waals surface area contributed by atoms with Crippen molar-refractivity contribution in [3.8, 4) is 11.5 Å². The summed E-state index contributed by atoms with van der Waals surface area (Å²) in [5.74, 6) is 0.0718. The number of aryl methyl sites for hydroxylation is 1. The van der Waals surface area contributed by atoms with Gasteiger partial charge in [-0.1, -0.05) is 42.5 Å². The molecule has 4 heterocycles. The molecule has 0 radical (unpaired) electrons. The molecular weight excluding hydrogens is 408 g/mol. The van der Waals surface area contributed by atoms with Gasteiger partial charge in [0.05, 0.1) is 24.5 Å². The molecule has 0 unspecified atom stereocenters. The molecule has 32 heavy (non-hydrogen) atoms. The van der Waals surface area contributed by atoms with Crippen molar-refractivity contribution in [1.29, 1.82) is 0 Å². The topological polar surface area (TPSA) is 77.1 Å². The van der Waals surface area contributed by atoms with Crippen LogP contribution in [0.5, 0.6) is 11.5 Å². The average Bonchev–Trinajstić information content (AvgIpc) is 3.57. The van der Waals surface area contributed by atoms with E-state index < -0.39 is 17.4 Å². The fourth-order valence-electron chi connectivity index (χ4n) is 5.34. The van der Waals surface area contributed by atoms with Crippen LogP contribution in [0.15, 0.2) is 60.7 Å². The molecule has 2 amide bonds. The summed E-state index contributed by atoms with van der Waals surface area (Å²) in [4.78, 5) is 28.3. The monoisotopic (exact) mass is 432 g/mol. The van der Waals surface area contributed by atoms with Crippen molar-refractivity contribution in [2.24, 2.45) is 11.8 Å². The van der Waals surface area contributed by atoms with E-state index in [0.29, 0.717) is 24.6 Å². The Morgan fingerprint density at radius 3 is 2.84 bits per heavy atom. The molecule has 7 heteroatoms. The molecule has 2 saturated heterocycles. The molecule has 2 aromatic rings. The molecule has 4 aliphatic heterocycles. The summed E-state index contributed by atoms with van der Waals surface area (Å²) in [5.41, 5.74) is 1.23. The number of carbonyl (C=O) groups is 2. The highest BCUT2D eigenvalue weighted by Crippen LogP contribution is 2.53. The summed E-state index contributed by atoms with van der Waals surface area (Å²) in [7, 11) is 0. The summed E-state index contributed by atoms with van der Waals surface area (Å²) in [6.07, 6.45) is 5.29. The lowest BCUT2D eigenvalue weighted by Gasteiger charge is -2.23. The number of fused-ring (bicyclic) bond motifs is 2. The second-order valence-corrected chi connectivity index (χ2v) is 8.74. The van der Waals surface area contributed by atoms with E-state index in [1.54, 1.807) is 4.90 Å². The maximum atomic E-state index is 13.5. The third-order valence-corrected chi connectivity index (χ3v) is 6.86. The van der Waals surface area contributed by atoms with Crippen LogP contribution in [0.3, 0.4) is 0 Å². The van der Waals surface area contributed by atoms with Gasteiger partial charge in [0, 0.05) is 18.3 Å². The Hall–Kier alpha value is -3.32. The number of carbonyl (C=O) groups excluding carboxylic acids is 2. The molecule has 0 saturated carbocycles. The van der Waals surface area contributed by atoms with Crippen molar-refractivity contribution < 1.29 is 23.8 Å².